The third-order valence-corrected chi connectivity index (χ3v) is 1.76. The Labute approximate surface area is 78.2 Å². The van der Waals surface area contributed by atoms with E-state index >= 15 is 0 Å². The average molecular weight is 225 g/mol. The highest BCUT2D eigenvalue weighted by Crippen LogP contribution is 2.07. The molecule has 0 unspecified atom stereocenters. The zero-order chi connectivity index (χ0) is 8.97. The first-order chi connectivity index (χ1) is 5.74. The molecule has 12 heavy (non-hydrogen) atoms. The van der Waals surface area contributed by atoms with Crippen molar-refractivity contribution >= 4 is 21.7 Å². The number of hydrogen-bond donors (Lipinski definition) is 0. The predicted molar refractivity (Wildman–Crippen MR) is 46.5 cm³/mol. The van der Waals surface area contributed by atoms with Crippen LogP contribution >= 0.6 is 15.9 Å². The monoisotopic (exact) mass is 224 g/mol. The lowest BCUT2D eigenvalue weighted by Crippen LogP contribution is -1.97. The van der Waals surface area contributed by atoms with E-state index in [0.29, 0.717) is 10.2 Å². The van der Waals surface area contributed by atoms with E-state index in [0.717, 1.165) is 0 Å². The van der Waals surface area contributed by atoms with E-state index in [2.05, 4.69) is 20.9 Å². The molecule has 0 aliphatic rings. The molecule has 0 amide bonds. The number of aromatic nitrogens is 1. The Balaban J connectivity index is 2.84. The highest BCUT2D eigenvalue weighted by Gasteiger charge is 2.04. The van der Waals surface area contributed by atoms with Crippen LogP contribution in [0.25, 0.3) is 0 Å². The zero-order valence-corrected chi connectivity index (χ0v) is 7.71. The Bertz CT molecular complexity index is 326. The maximum Gasteiger partial charge on any atom is 0.178 e. The second-order valence-corrected chi connectivity index (χ2v) is 2.94. The van der Waals surface area contributed by atoms with Crippen LogP contribution in [0.1, 0.15) is 16.8 Å². The normalized spacial score (nSPS) is 9.00. The third-order valence-electron chi connectivity index (χ3n) is 1.29. The van der Waals surface area contributed by atoms with Gasteiger partial charge in [-0.05, 0) is 28.1 Å². The number of carbonyl (C=O) groups excluding carboxylic acids is 1. The molecule has 4 heteroatoms. The molecule has 60 valence electrons. The van der Waals surface area contributed by atoms with Gasteiger partial charge in [0, 0.05) is 11.8 Å². The molecule has 3 nitrogen and oxygen atoms in total. The van der Waals surface area contributed by atoms with Crippen molar-refractivity contribution in [2.24, 2.45) is 0 Å². The van der Waals surface area contributed by atoms with Crippen molar-refractivity contribution in [3.05, 3.63) is 28.5 Å². The van der Waals surface area contributed by atoms with Crippen molar-refractivity contribution in [1.29, 1.82) is 5.26 Å². The molecular weight excluding hydrogens is 220 g/mol. The fourth-order valence-corrected chi connectivity index (χ4v) is 0.949. The quantitative estimate of drug-likeness (QED) is 0.570. The van der Waals surface area contributed by atoms with E-state index < -0.39 is 0 Å². The van der Waals surface area contributed by atoms with E-state index in [1.54, 1.807) is 18.2 Å². The summed E-state index contributed by atoms with van der Waals surface area (Å²) < 4.78 is 0.677. The molecule has 0 aliphatic carbocycles. The summed E-state index contributed by atoms with van der Waals surface area (Å²) >= 11 is 3.15. The summed E-state index contributed by atoms with van der Waals surface area (Å²) in [5.41, 5.74) is 0.472. The van der Waals surface area contributed by atoms with Crippen molar-refractivity contribution in [1.82, 2.24) is 4.98 Å². The first-order valence-electron chi connectivity index (χ1n) is 3.25. The van der Waals surface area contributed by atoms with Crippen LogP contribution in [0.3, 0.4) is 0 Å². The van der Waals surface area contributed by atoms with Gasteiger partial charge in [0.15, 0.2) is 5.78 Å². The van der Waals surface area contributed by atoms with Crippen LogP contribution in [0.5, 0.6) is 0 Å². The Morgan fingerprint density at radius 3 is 2.92 bits per heavy atom. The van der Waals surface area contributed by atoms with E-state index in [4.69, 9.17) is 5.26 Å². The molecule has 1 aromatic heterocycles. The first-order valence-corrected chi connectivity index (χ1v) is 4.05. The summed E-state index contributed by atoms with van der Waals surface area (Å²) in [6, 6.07) is 5.10. The number of rotatable bonds is 2. The van der Waals surface area contributed by atoms with Gasteiger partial charge in [0.05, 0.1) is 12.5 Å². The Morgan fingerprint density at radius 2 is 2.42 bits per heavy atom. The molecule has 0 aromatic carbocycles. The molecule has 0 N–H and O–H groups in total. The third kappa shape index (κ3) is 2.14. The SMILES string of the molecule is N#CCC(=O)c1ccc(Br)nc1. The minimum Gasteiger partial charge on any atom is -0.293 e. The number of halogens is 1. The molecule has 0 atom stereocenters. The van der Waals surface area contributed by atoms with Crippen LogP contribution in [-0.2, 0) is 0 Å². The van der Waals surface area contributed by atoms with Gasteiger partial charge in [-0.15, -0.1) is 0 Å². The average Bonchev–Trinajstić information content (AvgIpc) is 2.06. The van der Waals surface area contributed by atoms with Gasteiger partial charge in [0.25, 0.3) is 0 Å². The molecule has 0 aliphatic heterocycles. The highest BCUT2D eigenvalue weighted by molar-refractivity contribution is 9.10. The number of ketones is 1. The van der Waals surface area contributed by atoms with Gasteiger partial charge >= 0.3 is 0 Å². The molecular formula is C8H5BrN2O. The van der Waals surface area contributed by atoms with Gasteiger partial charge in [0.1, 0.15) is 4.60 Å². The zero-order valence-electron chi connectivity index (χ0n) is 6.12. The standard InChI is InChI=1S/C8H5BrN2O/c9-8-2-1-6(5-11-8)7(12)3-4-10/h1-2,5H,3H2. The van der Waals surface area contributed by atoms with Crippen molar-refractivity contribution in [2.45, 2.75) is 6.42 Å². The summed E-state index contributed by atoms with van der Waals surface area (Å²) in [7, 11) is 0. The second-order valence-electron chi connectivity index (χ2n) is 2.13. The van der Waals surface area contributed by atoms with Crippen LogP contribution < -0.4 is 0 Å². The van der Waals surface area contributed by atoms with Crippen LogP contribution in [0.15, 0.2) is 22.9 Å². The molecule has 1 rings (SSSR count). The molecule has 0 fully saturated rings. The van der Waals surface area contributed by atoms with Gasteiger partial charge in [-0.2, -0.15) is 5.26 Å². The Hall–Kier alpha value is -1.21. The summed E-state index contributed by atoms with van der Waals surface area (Å²) in [6.45, 7) is 0. The molecule has 0 saturated heterocycles. The molecule has 0 bridgehead atoms. The topological polar surface area (TPSA) is 53.8 Å². The lowest BCUT2D eigenvalue weighted by Gasteiger charge is -1.94. The predicted octanol–water partition coefficient (Wildman–Crippen LogP) is 1.94. The molecule has 0 spiro atoms. The van der Waals surface area contributed by atoms with Crippen molar-refractivity contribution < 1.29 is 4.79 Å². The fourth-order valence-electron chi connectivity index (χ4n) is 0.715. The summed E-state index contributed by atoms with van der Waals surface area (Å²) in [5.74, 6) is -0.197. The van der Waals surface area contributed by atoms with Crippen LogP contribution in [0.4, 0.5) is 0 Å². The summed E-state index contributed by atoms with van der Waals surface area (Å²) in [6.07, 6.45) is 1.35. The van der Waals surface area contributed by atoms with Crippen LogP contribution in [0, 0.1) is 11.3 Å². The minimum absolute atomic E-state index is 0.0939. The largest absolute Gasteiger partial charge is 0.293 e. The number of hydrogen-bond acceptors (Lipinski definition) is 3. The van der Waals surface area contributed by atoms with Gasteiger partial charge in [0.2, 0.25) is 0 Å². The number of nitriles is 1. The summed E-state index contributed by atoms with van der Waals surface area (Å²) in [4.78, 5) is 14.9. The maximum atomic E-state index is 11.1. The van der Waals surface area contributed by atoms with E-state index in [1.807, 2.05) is 0 Å². The summed E-state index contributed by atoms with van der Waals surface area (Å²) in [5, 5.41) is 8.25. The molecule has 1 heterocycles. The van der Waals surface area contributed by atoms with Crippen molar-refractivity contribution in [2.75, 3.05) is 0 Å². The van der Waals surface area contributed by atoms with Crippen molar-refractivity contribution in [3.8, 4) is 6.07 Å². The van der Waals surface area contributed by atoms with E-state index in [9.17, 15) is 4.79 Å². The van der Waals surface area contributed by atoms with E-state index in [1.165, 1.54) is 6.20 Å². The van der Waals surface area contributed by atoms with Gasteiger partial charge in [-0.1, -0.05) is 0 Å². The molecule has 1 aromatic rings. The first kappa shape index (κ1) is 8.88. The number of nitrogens with zero attached hydrogens (tertiary/aromatic N) is 2. The lowest BCUT2D eigenvalue weighted by molar-refractivity contribution is 0.0997. The Morgan fingerprint density at radius 1 is 1.67 bits per heavy atom. The van der Waals surface area contributed by atoms with Gasteiger partial charge in [-0.3, -0.25) is 4.79 Å². The number of pyridine rings is 1. The fraction of sp³-hybridized carbons (Fsp3) is 0.125. The van der Waals surface area contributed by atoms with Crippen molar-refractivity contribution in [3.63, 3.8) is 0 Å². The van der Waals surface area contributed by atoms with E-state index in [-0.39, 0.29) is 12.2 Å². The second kappa shape index (κ2) is 3.98. The van der Waals surface area contributed by atoms with Crippen LogP contribution in [0.2, 0.25) is 0 Å². The van der Waals surface area contributed by atoms with Crippen LogP contribution in [-0.4, -0.2) is 10.8 Å². The number of Topliss-reactive ketones (excluding diaryl/α,β-unsaturated/α-hetero) is 1. The van der Waals surface area contributed by atoms with Gasteiger partial charge < -0.3 is 0 Å². The smallest absolute Gasteiger partial charge is 0.178 e. The number of carbonyl (C=O) groups is 1. The van der Waals surface area contributed by atoms with Gasteiger partial charge in [-0.25, -0.2) is 4.98 Å². The molecule has 0 radical (unpaired) electrons. The highest BCUT2D eigenvalue weighted by atomic mass is 79.9. The Kier molecular flexibility index (Phi) is 2.94. The molecule has 0 saturated carbocycles. The lowest BCUT2D eigenvalue weighted by atomic mass is 10.1. The maximum absolute atomic E-state index is 11.1. The minimum atomic E-state index is -0.197.